The monoisotopic (exact) mass is 318 g/mol. The molecule has 0 unspecified atom stereocenters. The van der Waals surface area contributed by atoms with Gasteiger partial charge in [0.25, 0.3) is 10.0 Å². The molecule has 0 fully saturated rings. The van der Waals surface area contributed by atoms with E-state index in [1.54, 1.807) is 19.4 Å². The van der Waals surface area contributed by atoms with Crippen LogP contribution in [0.2, 0.25) is 5.02 Å². The van der Waals surface area contributed by atoms with E-state index >= 15 is 0 Å². The van der Waals surface area contributed by atoms with E-state index in [4.69, 9.17) is 11.6 Å². The van der Waals surface area contributed by atoms with Crippen molar-refractivity contribution in [2.45, 2.75) is 11.8 Å². The molecule has 9 heteroatoms. The van der Waals surface area contributed by atoms with E-state index in [1.807, 2.05) is 0 Å². The molecule has 6 nitrogen and oxygen atoms in total. The number of hydrogen-bond acceptors (Lipinski definition) is 6. The van der Waals surface area contributed by atoms with Gasteiger partial charge in [-0.25, -0.2) is 18.4 Å². The van der Waals surface area contributed by atoms with Crippen molar-refractivity contribution < 1.29 is 8.42 Å². The quantitative estimate of drug-likeness (QED) is 0.904. The van der Waals surface area contributed by atoms with Crippen molar-refractivity contribution in [2.75, 3.05) is 17.1 Å². The lowest BCUT2D eigenvalue weighted by Gasteiger charge is -2.07. The van der Waals surface area contributed by atoms with Crippen molar-refractivity contribution in [3.63, 3.8) is 0 Å². The molecular weight excluding hydrogens is 308 g/mol. The van der Waals surface area contributed by atoms with Crippen molar-refractivity contribution in [1.29, 1.82) is 0 Å². The summed E-state index contributed by atoms with van der Waals surface area (Å²) in [5.74, 6) is 0.422. The van der Waals surface area contributed by atoms with Crippen LogP contribution in [0.1, 0.15) is 5.69 Å². The van der Waals surface area contributed by atoms with Gasteiger partial charge >= 0.3 is 0 Å². The van der Waals surface area contributed by atoms with Crippen LogP contribution in [0.15, 0.2) is 22.5 Å². The zero-order valence-electron chi connectivity index (χ0n) is 10.1. The van der Waals surface area contributed by atoms with Crippen molar-refractivity contribution >= 4 is 43.9 Å². The number of anilines is 2. The molecule has 19 heavy (non-hydrogen) atoms. The molecule has 2 aromatic rings. The largest absolute Gasteiger partial charge is 0.372 e. The first kappa shape index (κ1) is 14.0. The lowest BCUT2D eigenvalue weighted by atomic mass is 10.4. The van der Waals surface area contributed by atoms with Gasteiger partial charge in [-0.3, -0.25) is 4.72 Å². The van der Waals surface area contributed by atoms with E-state index in [9.17, 15) is 8.42 Å². The summed E-state index contributed by atoms with van der Waals surface area (Å²) in [7, 11) is -2.07. The van der Waals surface area contributed by atoms with Gasteiger partial charge in [-0.15, -0.1) is 11.3 Å². The second kappa shape index (κ2) is 5.32. The second-order valence-electron chi connectivity index (χ2n) is 3.65. The number of sulfonamides is 1. The highest BCUT2D eigenvalue weighted by Crippen LogP contribution is 2.24. The van der Waals surface area contributed by atoms with Gasteiger partial charge in [0.05, 0.1) is 10.7 Å². The van der Waals surface area contributed by atoms with Crippen LogP contribution in [0.25, 0.3) is 0 Å². The van der Waals surface area contributed by atoms with Gasteiger partial charge in [0.15, 0.2) is 5.13 Å². The molecule has 0 radical (unpaired) electrons. The minimum absolute atomic E-state index is 0.00986. The first-order valence-corrected chi connectivity index (χ1v) is 7.94. The highest BCUT2D eigenvalue weighted by molar-refractivity contribution is 7.93. The number of nitrogens with zero attached hydrogens (tertiary/aromatic N) is 2. The van der Waals surface area contributed by atoms with E-state index in [2.05, 4.69) is 20.0 Å². The Morgan fingerprint density at radius 2 is 2.16 bits per heavy atom. The molecule has 0 bridgehead atoms. The van der Waals surface area contributed by atoms with Crippen LogP contribution in [-0.4, -0.2) is 25.4 Å². The Kier molecular flexibility index (Phi) is 3.93. The standard InChI is InChI=1S/C10H11ClN4O2S2/c1-6-5-18-10(14-6)15-19(16,17)7-3-8(11)9(12-2)13-4-7/h3-5H,1-2H3,(H,12,13)(H,14,15). The Bertz CT molecular complexity index is 699. The van der Waals surface area contributed by atoms with Gasteiger partial charge in [-0.1, -0.05) is 11.6 Å². The predicted molar refractivity (Wildman–Crippen MR) is 76.5 cm³/mol. The van der Waals surface area contributed by atoms with Gasteiger partial charge < -0.3 is 5.32 Å². The molecule has 0 amide bonds. The van der Waals surface area contributed by atoms with Crippen molar-refractivity contribution in [3.8, 4) is 0 Å². The van der Waals surface area contributed by atoms with E-state index in [0.717, 1.165) is 5.69 Å². The van der Waals surface area contributed by atoms with Crippen molar-refractivity contribution in [1.82, 2.24) is 9.97 Å². The van der Waals surface area contributed by atoms with E-state index in [-0.39, 0.29) is 9.92 Å². The molecule has 0 spiro atoms. The Morgan fingerprint density at radius 3 is 2.68 bits per heavy atom. The third-order valence-corrected chi connectivity index (χ3v) is 4.80. The Labute approximate surface area is 119 Å². The Balaban J connectivity index is 2.31. The molecular formula is C10H11ClN4O2S2. The Morgan fingerprint density at radius 1 is 1.42 bits per heavy atom. The van der Waals surface area contributed by atoms with Crippen LogP contribution < -0.4 is 10.0 Å². The minimum Gasteiger partial charge on any atom is -0.372 e. The van der Waals surface area contributed by atoms with Gasteiger partial charge in [0.1, 0.15) is 10.7 Å². The average molecular weight is 319 g/mol. The lowest BCUT2D eigenvalue weighted by molar-refractivity contribution is 0.601. The summed E-state index contributed by atoms with van der Waals surface area (Å²) >= 11 is 7.13. The SMILES string of the molecule is CNc1ncc(S(=O)(=O)Nc2nc(C)cs2)cc1Cl. The maximum atomic E-state index is 12.1. The molecule has 2 rings (SSSR count). The van der Waals surface area contributed by atoms with Gasteiger partial charge in [-0.2, -0.15) is 0 Å². The van der Waals surface area contributed by atoms with E-state index < -0.39 is 10.0 Å². The number of hydrogen-bond donors (Lipinski definition) is 2. The molecule has 2 N–H and O–H groups in total. The van der Waals surface area contributed by atoms with Gasteiger partial charge in [0.2, 0.25) is 0 Å². The van der Waals surface area contributed by atoms with Crippen LogP contribution in [-0.2, 0) is 10.0 Å². The molecule has 0 aliphatic carbocycles. The number of pyridine rings is 1. The fourth-order valence-electron chi connectivity index (χ4n) is 1.33. The van der Waals surface area contributed by atoms with Crippen molar-refractivity contribution in [2.24, 2.45) is 0 Å². The topological polar surface area (TPSA) is 84.0 Å². The maximum Gasteiger partial charge on any atom is 0.265 e. The molecule has 2 heterocycles. The van der Waals surface area contributed by atoms with Crippen molar-refractivity contribution in [3.05, 3.63) is 28.4 Å². The summed E-state index contributed by atoms with van der Waals surface area (Å²) in [6.45, 7) is 1.79. The van der Waals surface area contributed by atoms with Crippen LogP contribution in [0.3, 0.4) is 0 Å². The first-order valence-electron chi connectivity index (χ1n) is 5.20. The summed E-state index contributed by atoms with van der Waals surface area (Å²) in [4.78, 5) is 7.96. The zero-order valence-corrected chi connectivity index (χ0v) is 12.5. The molecule has 0 saturated carbocycles. The number of aryl methyl sites for hydroxylation is 1. The van der Waals surface area contributed by atoms with E-state index in [1.165, 1.54) is 23.6 Å². The summed E-state index contributed by atoms with van der Waals surface area (Å²) in [6.07, 6.45) is 1.24. The summed E-state index contributed by atoms with van der Waals surface area (Å²) in [5.41, 5.74) is 0.754. The molecule has 0 saturated heterocycles. The fourth-order valence-corrected chi connectivity index (χ4v) is 3.56. The summed E-state index contributed by atoms with van der Waals surface area (Å²) in [6, 6.07) is 1.34. The summed E-state index contributed by atoms with van der Waals surface area (Å²) in [5, 5.41) is 5.06. The third kappa shape index (κ3) is 3.14. The minimum atomic E-state index is -3.72. The second-order valence-corrected chi connectivity index (χ2v) is 6.60. The molecule has 2 aromatic heterocycles. The third-order valence-electron chi connectivity index (χ3n) is 2.20. The smallest absolute Gasteiger partial charge is 0.265 e. The number of rotatable bonds is 4. The Hall–Kier alpha value is -1.38. The number of thiazole rings is 1. The normalized spacial score (nSPS) is 11.3. The molecule has 0 aromatic carbocycles. The lowest BCUT2D eigenvalue weighted by Crippen LogP contribution is -2.13. The highest BCUT2D eigenvalue weighted by Gasteiger charge is 2.18. The van der Waals surface area contributed by atoms with Crippen LogP contribution in [0.4, 0.5) is 10.9 Å². The van der Waals surface area contributed by atoms with Gasteiger partial charge in [0, 0.05) is 18.6 Å². The molecule has 0 aliphatic rings. The molecule has 0 atom stereocenters. The number of nitrogens with one attached hydrogen (secondary N) is 2. The van der Waals surface area contributed by atoms with Crippen LogP contribution in [0.5, 0.6) is 0 Å². The zero-order chi connectivity index (χ0) is 14.0. The number of aromatic nitrogens is 2. The first-order chi connectivity index (χ1) is 8.92. The maximum absolute atomic E-state index is 12.1. The van der Waals surface area contributed by atoms with Gasteiger partial charge in [-0.05, 0) is 13.0 Å². The van der Waals surface area contributed by atoms with E-state index in [0.29, 0.717) is 10.9 Å². The average Bonchev–Trinajstić information content (AvgIpc) is 2.73. The molecule has 0 aliphatic heterocycles. The van der Waals surface area contributed by atoms with Crippen LogP contribution >= 0.6 is 22.9 Å². The summed E-state index contributed by atoms with van der Waals surface area (Å²) < 4.78 is 26.6. The predicted octanol–water partition coefficient (Wildman–Crippen LogP) is 2.34. The number of halogens is 1. The molecule has 102 valence electrons. The highest BCUT2D eigenvalue weighted by atomic mass is 35.5. The fraction of sp³-hybridized carbons (Fsp3) is 0.200. The van der Waals surface area contributed by atoms with Crippen LogP contribution in [0, 0.1) is 6.92 Å².